The zero-order chi connectivity index (χ0) is 14.9. The van der Waals surface area contributed by atoms with E-state index >= 15 is 0 Å². The molecule has 1 aliphatic heterocycles. The summed E-state index contributed by atoms with van der Waals surface area (Å²) in [5, 5.41) is 4.22. The Kier molecular flexibility index (Phi) is 4.26. The number of rotatable bonds is 3. The Morgan fingerprint density at radius 3 is 2.55 bits per heavy atom. The van der Waals surface area contributed by atoms with Gasteiger partial charge in [0.25, 0.3) is 11.7 Å². The Hall–Kier alpha value is -1.65. The molecule has 1 amide bonds. The third-order valence-electron chi connectivity index (χ3n) is 4.29. The molecule has 0 bridgehead atoms. The van der Waals surface area contributed by atoms with Gasteiger partial charge in [-0.3, -0.25) is 14.3 Å². The van der Waals surface area contributed by atoms with E-state index in [1.165, 1.54) is 0 Å². The van der Waals surface area contributed by atoms with Crippen LogP contribution >= 0.6 is 0 Å². The average molecular weight is 277 g/mol. The highest BCUT2D eigenvalue weighted by Crippen LogP contribution is 2.22. The number of likely N-dealkylation sites (tertiary alicyclic amines) is 1. The second kappa shape index (κ2) is 5.77. The zero-order valence-corrected chi connectivity index (χ0v) is 12.8. The molecule has 2 heterocycles. The van der Waals surface area contributed by atoms with Crippen LogP contribution in [0.5, 0.6) is 0 Å². The third kappa shape index (κ3) is 2.49. The van der Waals surface area contributed by atoms with Crippen LogP contribution in [0.15, 0.2) is 0 Å². The van der Waals surface area contributed by atoms with E-state index in [0.29, 0.717) is 17.8 Å². The summed E-state index contributed by atoms with van der Waals surface area (Å²) in [4.78, 5) is 26.8. The minimum Gasteiger partial charge on any atom is -0.333 e. The van der Waals surface area contributed by atoms with Gasteiger partial charge in [0.05, 0.1) is 11.3 Å². The van der Waals surface area contributed by atoms with Crippen molar-refractivity contribution in [3.05, 3.63) is 17.0 Å². The molecule has 0 unspecified atom stereocenters. The van der Waals surface area contributed by atoms with Gasteiger partial charge in [-0.25, -0.2) is 0 Å². The van der Waals surface area contributed by atoms with E-state index in [2.05, 4.69) is 12.0 Å². The molecule has 0 N–H and O–H groups in total. The Morgan fingerprint density at radius 2 is 2.00 bits per heavy atom. The molecule has 0 saturated carbocycles. The van der Waals surface area contributed by atoms with Gasteiger partial charge < -0.3 is 4.90 Å². The topological polar surface area (TPSA) is 55.2 Å². The first-order valence-electron chi connectivity index (χ1n) is 7.32. The fourth-order valence-corrected chi connectivity index (χ4v) is 3.03. The van der Waals surface area contributed by atoms with Crippen LogP contribution in [0.4, 0.5) is 0 Å². The van der Waals surface area contributed by atoms with Gasteiger partial charge >= 0.3 is 0 Å². The lowest BCUT2D eigenvalue weighted by molar-refractivity contribution is -0.130. The minimum atomic E-state index is -0.409. The van der Waals surface area contributed by atoms with Crippen LogP contribution in [0, 0.1) is 13.8 Å². The number of nitrogens with zero attached hydrogens (tertiary/aromatic N) is 3. The van der Waals surface area contributed by atoms with E-state index in [-0.39, 0.29) is 11.9 Å². The molecule has 110 valence electrons. The molecule has 1 saturated heterocycles. The van der Waals surface area contributed by atoms with Crippen LogP contribution in [-0.4, -0.2) is 39.0 Å². The maximum Gasteiger partial charge on any atom is 0.295 e. The van der Waals surface area contributed by atoms with Crippen molar-refractivity contribution < 1.29 is 9.59 Å². The number of hydrogen-bond acceptors (Lipinski definition) is 3. The molecule has 0 radical (unpaired) electrons. The molecule has 0 aromatic carbocycles. The highest BCUT2D eigenvalue weighted by Gasteiger charge is 2.32. The zero-order valence-electron chi connectivity index (χ0n) is 12.8. The Morgan fingerprint density at radius 1 is 1.30 bits per heavy atom. The van der Waals surface area contributed by atoms with E-state index in [1.54, 1.807) is 23.6 Å². The van der Waals surface area contributed by atoms with Crippen molar-refractivity contribution in [1.29, 1.82) is 0 Å². The number of piperidine rings is 1. The van der Waals surface area contributed by atoms with Gasteiger partial charge in [-0.1, -0.05) is 6.92 Å². The van der Waals surface area contributed by atoms with Gasteiger partial charge in [0.15, 0.2) is 0 Å². The standard InChI is InChI=1S/C15H23N3O2/c1-5-12-8-6-7-9-18(12)15(20)14(19)13-10(2)16-17(4)11(13)3/h12H,5-9H2,1-4H3/t12-/m0/s1. The number of ketones is 1. The van der Waals surface area contributed by atoms with Crippen molar-refractivity contribution in [3.8, 4) is 0 Å². The highest BCUT2D eigenvalue weighted by molar-refractivity contribution is 6.43. The number of aromatic nitrogens is 2. The van der Waals surface area contributed by atoms with Crippen LogP contribution in [0.3, 0.4) is 0 Å². The number of carbonyl (C=O) groups is 2. The van der Waals surface area contributed by atoms with Gasteiger partial charge in [-0.05, 0) is 39.5 Å². The first kappa shape index (κ1) is 14.8. The van der Waals surface area contributed by atoms with Crippen molar-refractivity contribution in [1.82, 2.24) is 14.7 Å². The van der Waals surface area contributed by atoms with E-state index in [9.17, 15) is 9.59 Å². The maximum absolute atomic E-state index is 12.5. The minimum absolute atomic E-state index is 0.206. The van der Waals surface area contributed by atoms with E-state index in [0.717, 1.165) is 31.4 Å². The van der Waals surface area contributed by atoms with Crippen molar-refractivity contribution in [3.63, 3.8) is 0 Å². The van der Waals surface area contributed by atoms with Crippen molar-refractivity contribution >= 4 is 11.7 Å². The molecular weight excluding hydrogens is 254 g/mol. The molecule has 1 aliphatic rings. The van der Waals surface area contributed by atoms with Crippen LogP contribution in [0.2, 0.25) is 0 Å². The monoisotopic (exact) mass is 277 g/mol. The first-order chi connectivity index (χ1) is 9.47. The summed E-state index contributed by atoms with van der Waals surface area (Å²) in [6.45, 7) is 6.37. The number of carbonyl (C=O) groups excluding carboxylic acids is 2. The number of aryl methyl sites for hydroxylation is 2. The lowest BCUT2D eigenvalue weighted by Gasteiger charge is -2.34. The van der Waals surface area contributed by atoms with Gasteiger partial charge in [0, 0.05) is 25.3 Å². The van der Waals surface area contributed by atoms with Gasteiger partial charge in [0.2, 0.25) is 0 Å². The molecule has 0 aliphatic carbocycles. The highest BCUT2D eigenvalue weighted by atomic mass is 16.2. The van der Waals surface area contributed by atoms with Gasteiger partial charge in [0.1, 0.15) is 0 Å². The second-order valence-electron chi connectivity index (χ2n) is 5.55. The van der Waals surface area contributed by atoms with Crippen molar-refractivity contribution in [2.45, 2.75) is 52.5 Å². The van der Waals surface area contributed by atoms with Crippen molar-refractivity contribution in [2.75, 3.05) is 6.54 Å². The normalized spacial score (nSPS) is 19.2. The maximum atomic E-state index is 12.5. The summed E-state index contributed by atoms with van der Waals surface area (Å²) in [5.41, 5.74) is 1.86. The molecule has 1 aromatic rings. The first-order valence-corrected chi connectivity index (χ1v) is 7.32. The molecule has 0 spiro atoms. The number of Topliss-reactive ketones (excluding diaryl/α,β-unsaturated/α-hetero) is 1. The van der Waals surface area contributed by atoms with Crippen LogP contribution in [0.1, 0.15) is 54.4 Å². The molecule has 1 atom stereocenters. The summed E-state index contributed by atoms with van der Waals surface area (Å²) in [7, 11) is 1.79. The van der Waals surface area contributed by atoms with Crippen LogP contribution < -0.4 is 0 Å². The molecular formula is C15H23N3O2. The summed E-state index contributed by atoms with van der Waals surface area (Å²) in [6, 6.07) is 0.206. The van der Waals surface area contributed by atoms with Crippen LogP contribution in [-0.2, 0) is 11.8 Å². The lowest BCUT2D eigenvalue weighted by atomic mass is 9.98. The number of amides is 1. The van der Waals surface area contributed by atoms with Crippen molar-refractivity contribution in [2.24, 2.45) is 7.05 Å². The van der Waals surface area contributed by atoms with Gasteiger partial charge in [-0.2, -0.15) is 5.10 Å². The molecule has 1 fully saturated rings. The third-order valence-corrected chi connectivity index (χ3v) is 4.29. The van der Waals surface area contributed by atoms with Gasteiger partial charge in [-0.15, -0.1) is 0 Å². The van der Waals surface area contributed by atoms with Crippen LogP contribution in [0.25, 0.3) is 0 Å². The molecule has 2 rings (SSSR count). The largest absolute Gasteiger partial charge is 0.333 e. The summed E-state index contributed by atoms with van der Waals surface area (Å²) in [5.74, 6) is -0.774. The fraction of sp³-hybridized carbons (Fsp3) is 0.667. The summed E-state index contributed by atoms with van der Waals surface area (Å²) < 4.78 is 1.66. The smallest absolute Gasteiger partial charge is 0.295 e. The quantitative estimate of drug-likeness (QED) is 0.627. The average Bonchev–Trinajstić information content (AvgIpc) is 2.70. The Balaban J connectivity index is 2.26. The molecule has 5 nitrogen and oxygen atoms in total. The second-order valence-corrected chi connectivity index (χ2v) is 5.55. The van der Waals surface area contributed by atoms with E-state index in [1.807, 2.05) is 6.92 Å². The Bertz CT molecular complexity index is 533. The fourth-order valence-electron chi connectivity index (χ4n) is 3.03. The summed E-state index contributed by atoms with van der Waals surface area (Å²) >= 11 is 0. The Labute approximate surface area is 119 Å². The molecule has 1 aromatic heterocycles. The number of hydrogen-bond donors (Lipinski definition) is 0. The lowest BCUT2D eigenvalue weighted by Crippen LogP contribution is -2.46. The SMILES string of the molecule is CC[C@H]1CCCCN1C(=O)C(=O)c1c(C)nn(C)c1C. The predicted molar refractivity (Wildman–Crippen MR) is 76.7 cm³/mol. The summed E-state index contributed by atoms with van der Waals surface area (Å²) in [6.07, 6.45) is 4.03. The predicted octanol–water partition coefficient (Wildman–Crippen LogP) is 2.01. The molecule has 20 heavy (non-hydrogen) atoms. The van der Waals surface area contributed by atoms with E-state index in [4.69, 9.17) is 0 Å². The molecule has 5 heteroatoms. The van der Waals surface area contributed by atoms with E-state index < -0.39 is 5.78 Å².